The first-order valence-electron chi connectivity index (χ1n) is 11.3. The number of unbranched alkanes of at least 4 members (excludes halogenated alkanes) is 2. The van der Waals surface area contributed by atoms with E-state index in [1.807, 2.05) is 11.4 Å². The maximum atomic E-state index is 12.9. The van der Waals surface area contributed by atoms with E-state index in [-0.39, 0.29) is 24.4 Å². The van der Waals surface area contributed by atoms with Crippen LogP contribution in [0.3, 0.4) is 0 Å². The number of nitrogens with one attached hydrogen (secondary N) is 3. The fourth-order valence-electron chi connectivity index (χ4n) is 3.59. The number of carbonyl (C=O) groups excluding carboxylic acids is 2. The van der Waals surface area contributed by atoms with Crippen LogP contribution < -0.4 is 21.9 Å². The van der Waals surface area contributed by atoms with Gasteiger partial charge in [0.2, 0.25) is 0 Å². The number of benzene rings is 1. The van der Waals surface area contributed by atoms with Crippen molar-refractivity contribution in [1.82, 2.24) is 15.6 Å². The summed E-state index contributed by atoms with van der Waals surface area (Å²) in [6.07, 6.45) is 1.75. The van der Waals surface area contributed by atoms with E-state index >= 15 is 0 Å². The topological polar surface area (TPSA) is 201 Å². The Kier molecular flexibility index (Phi) is 9.52. The van der Waals surface area contributed by atoms with Crippen LogP contribution in [-0.2, 0) is 14.9 Å². The highest BCUT2D eigenvalue weighted by Crippen LogP contribution is 2.37. The summed E-state index contributed by atoms with van der Waals surface area (Å²) in [6.45, 7) is -0.0419. The lowest BCUT2D eigenvalue weighted by molar-refractivity contribution is -0.137. The predicted molar refractivity (Wildman–Crippen MR) is 140 cm³/mol. The molecule has 0 bridgehead atoms. The van der Waals surface area contributed by atoms with Crippen LogP contribution in [0.25, 0.3) is 21.2 Å². The molecule has 2 heterocycles. The number of carboxylic acid groups (broad SMARTS) is 1. The Bertz CT molecular complexity index is 1410. The van der Waals surface area contributed by atoms with Crippen molar-refractivity contribution in [2.45, 2.75) is 25.7 Å². The van der Waals surface area contributed by atoms with Crippen molar-refractivity contribution in [3.63, 3.8) is 0 Å². The molecule has 0 atom stereocenters. The van der Waals surface area contributed by atoms with Crippen LogP contribution in [-0.4, -0.2) is 59.7 Å². The zero-order valence-electron chi connectivity index (χ0n) is 19.7. The summed E-state index contributed by atoms with van der Waals surface area (Å²) in [5.74, 6) is 2.84. The number of carboxylic acids is 1. The molecule has 0 aliphatic carbocycles. The summed E-state index contributed by atoms with van der Waals surface area (Å²) in [7, 11) is -4.27. The molecule has 0 unspecified atom stereocenters. The van der Waals surface area contributed by atoms with E-state index in [1.165, 1.54) is 17.4 Å². The Balaban J connectivity index is 1.88. The second-order valence-electron chi connectivity index (χ2n) is 8.10. The third-order valence-corrected chi connectivity index (χ3v) is 7.04. The minimum atomic E-state index is -4.27. The zero-order valence-corrected chi connectivity index (χ0v) is 21.3. The number of amides is 2. The van der Waals surface area contributed by atoms with E-state index < -0.39 is 33.7 Å². The molecule has 14 heteroatoms. The maximum Gasteiger partial charge on any atom is 0.303 e. The van der Waals surface area contributed by atoms with Gasteiger partial charge in [-0.2, -0.15) is 8.42 Å². The molecule has 0 spiro atoms. The van der Waals surface area contributed by atoms with Gasteiger partial charge in [0, 0.05) is 29.6 Å². The van der Waals surface area contributed by atoms with Gasteiger partial charge in [-0.3, -0.25) is 24.8 Å². The van der Waals surface area contributed by atoms with Gasteiger partial charge < -0.3 is 21.2 Å². The Hall–Kier alpha value is -3.59. The number of thiophene rings is 1. The van der Waals surface area contributed by atoms with Crippen molar-refractivity contribution in [1.29, 1.82) is 0 Å². The number of aliphatic carboxylic acids is 1. The smallest absolute Gasteiger partial charge is 0.303 e. The highest BCUT2D eigenvalue weighted by Gasteiger charge is 2.18. The van der Waals surface area contributed by atoms with E-state index in [0.29, 0.717) is 37.1 Å². The highest BCUT2D eigenvalue weighted by atomic mass is 32.2. The number of pyridine rings is 1. The lowest BCUT2D eigenvalue weighted by Gasteiger charge is -2.12. The Morgan fingerprint density at radius 1 is 0.973 bits per heavy atom. The van der Waals surface area contributed by atoms with E-state index in [0.717, 1.165) is 15.6 Å². The number of hydrogen-bond donors (Lipinski definition) is 6. The third kappa shape index (κ3) is 7.95. The van der Waals surface area contributed by atoms with E-state index in [9.17, 15) is 22.8 Å². The average Bonchev–Trinajstić information content (AvgIpc) is 3.34. The molecule has 0 saturated heterocycles. The molecule has 0 radical (unpaired) electrons. The third-order valence-electron chi connectivity index (χ3n) is 5.37. The molecule has 3 rings (SSSR count). The van der Waals surface area contributed by atoms with Crippen LogP contribution in [0.4, 0.5) is 5.69 Å². The number of nitrogen functional groups attached to an aromatic ring is 1. The molecular weight excluding hydrogens is 522 g/mol. The lowest BCUT2D eigenvalue weighted by atomic mass is 10.0. The molecule has 37 heavy (non-hydrogen) atoms. The Morgan fingerprint density at radius 2 is 1.65 bits per heavy atom. The molecule has 0 aliphatic rings. The van der Waals surface area contributed by atoms with Crippen molar-refractivity contribution >= 4 is 55.0 Å². The summed E-state index contributed by atoms with van der Waals surface area (Å²) in [5.41, 5.74) is 4.49. The number of carbonyl (C=O) groups is 3. The minimum absolute atomic E-state index is 0.0197. The second-order valence-corrected chi connectivity index (χ2v) is 10.6. The standard InChI is InChI=1S/C23H27N5O7S2/c24-28-17-6-5-15(21-16(17)7-10-36-21)14-12-18(22(31)25-8-3-1-2-4-20(29)30)27-19(13-14)23(32)26-9-11-37(33,34)35/h5-7,10,12-13,28H,1-4,8-9,11,24H2,(H,25,31)(H,26,32)(H,29,30)(H,33,34,35). The van der Waals surface area contributed by atoms with Gasteiger partial charge in [-0.25, -0.2) is 4.98 Å². The number of hydrazine groups is 1. The molecule has 1 aromatic carbocycles. The minimum Gasteiger partial charge on any atom is -0.481 e. The SMILES string of the molecule is NNc1ccc(-c2cc(C(=O)NCCCCCC(=O)O)nc(C(=O)NCCS(=O)(=O)O)c2)c2sccc12. The normalized spacial score (nSPS) is 11.3. The number of hydrogen-bond acceptors (Lipinski definition) is 9. The van der Waals surface area contributed by atoms with Gasteiger partial charge in [-0.1, -0.05) is 12.5 Å². The number of fused-ring (bicyclic) bond motifs is 1. The maximum absolute atomic E-state index is 12.9. The molecule has 2 aromatic heterocycles. The van der Waals surface area contributed by atoms with Crippen molar-refractivity contribution in [2.75, 3.05) is 24.3 Å². The van der Waals surface area contributed by atoms with Crippen LogP contribution in [0.1, 0.15) is 46.7 Å². The van der Waals surface area contributed by atoms with Crippen molar-refractivity contribution in [3.8, 4) is 11.1 Å². The van der Waals surface area contributed by atoms with E-state index in [4.69, 9.17) is 15.5 Å². The van der Waals surface area contributed by atoms with Crippen LogP contribution in [0, 0.1) is 0 Å². The van der Waals surface area contributed by atoms with Gasteiger partial charge in [-0.05, 0) is 53.6 Å². The number of anilines is 1. The first-order chi connectivity index (χ1) is 17.6. The summed E-state index contributed by atoms with van der Waals surface area (Å²) in [4.78, 5) is 40.4. The summed E-state index contributed by atoms with van der Waals surface area (Å²) < 4.78 is 31.7. The predicted octanol–water partition coefficient (Wildman–Crippen LogP) is 2.24. The van der Waals surface area contributed by atoms with Crippen molar-refractivity contribution in [2.24, 2.45) is 5.84 Å². The van der Waals surface area contributed by atoms with Crippen LogP contribution >= 0.6 is 11.3 Å². The molecular formula is C23H27N5O7S2. The number of rotatable bonds is 13. The quantitative estimate of drug-likeness (QED) is 0.0794. The fraction of sp³-hybridized carbons (Fsp3) is 0.304. The van der Waals surface area contributed by atoms with Gasteiger partial charge in [0.05, 0.1) is 11.4 Å². The Labute approximate surface area is 217 Å². The monoisotopic (exact) mass is 549 g/mol. The van der Waals surface area contributed by atoms with Gasteiger partial charge in [-0.15, -0.1) is 11.3 Å². The van der Waals surface area contributed by atoms with Gasteiger partial charge >= 0.3 is 5.97 Å². The van der Waals surface area contributed by atoms with Gasteiger partial charge in [0.1, 0.15) is 11.4 Å². The number of aromatic nitrogens is 1. The van der Waals surface area contributed by atoms with Crippen LogP contribution in [0.2, 0.25) is 0 Å². The summed E-state index contributed by atoms with van der Waals surface area (Å²) in [5, 5.41) is 16.6. The first-order valence-corrected chi connectivity index (χ1v) is 13.8. The van der Waals surface area contributed by atoms with Gasteiger partial charge in [0.15, 0.2) is 0 Å². The molecule has 12 nitrogen and oxygen atoms in total. The fourth-order valence-corrected chi connectivity index (χ4v) is 4.91. The zero-order chi connectivity index (χ0) is 27.0. The number of nitrogens with zero attached hydrogens (tertiary/aromatic N) is 1. The van der Waals surface area contributed by atoms with Gasteiger partial charge in [0.25, 0.3) is 21.9 Å². The molecule has 0 saturated carbocycles. The van der Waals surface area contributed by atoms with E-state index in [1.54, 1.807) is 18.2 Å². The van der Waals surface area contributed by atoms with E-state index in [2.05, 4.69) is 21.0 Å². The molecule has 198 valence electrons. The number of nitrogens with two attached hydrogens (primary N) is 1. The van der Waals surface area contributed by atoms with Crippen molar-refractivity contribution in [3.05, 3.63) is 47.1 Å². The van der Waals surface area contributed by atoms with Crippen LogP contribution in [0.5, 0.6) is 0 Å². The molecule has 2 amide bonds. The molecule has 0 aliphatic heterocycles. The molecule has 0 fully saturated rings. The largest absolute Gasteiger partial charge is 0.481 e. The van der Waals surface area contributed by atoms with Crippen LogP contribution in [0.15, 0.2) is 35.7 Å². The Morgan fingerprint density at radius 3 is 2.27 bits per heavy atom. The highest BCUT2D eigenvalue weighted by molar-refractivity contribution is 7.85. The van der Waals surface area contributed by atoms with Crippen molar-refractivity contribution < 1.29 is 32.5 Å². The summed E-state index contributed by atoms with van der Waals surface area (Å²) >= 11 is 1.45. The summed E-state index contributed by atoms with van der Waals surface area (Å²) in [6, 6.07) is 8.51. The molecule has 7 N–H and O–H groups in total. The molecule has 3 aromatic rings. The first kappa shape index (κ1) is 28.0. The lowest BCUT2D eigenvalue weighted by Crippen LogP contribution is -2.31. The second kappa shape index (κ2) is 12.6. The average molecular weight is 550 g/mol.